The Hall–Kier alpha value is -0.570. The minimum atomic E-state index is -0.665. The Morgan fingerprint density at radius 2 is 2.13 bits per heavy atom. The van der Waals surface area contributed by atoms with Crippen LogP contribution in [0.25, 0.3) is 0 Å². The summed E-state index contributed by atoms with van der Waals surface area (Å²) >= 11 is 0. The lowest BCUT2D eigenvalue weighted by molar-refractivity contribution is -0.137. The number of aliphatic carboxylic acids is 1. The number of piperidine rings is 1. The van der Waals surface area contributed by atoms with Crippen molar-refractivity contribution in [2.75, 3.05) is 13.1 Å². The van der Waals surface area contributed by atoms with Crippen molar-refractivity contribution in [2.24, 2.45) is 0 Å². The van der Waals surface area contributed by atoms with Crippen molar-refractivity contribution >= 4 is 5.97 Å². The summed E-state index contributed by atoms with van der Waals surface area (Å²) < 4.78 is 0. The number of hydrogen-bond donors (Lipinski definition) is 1. The third kappa shape index (κ3) is 5.17. The van der Waals surface area contributed by atoms with E-state index in [9.17, 15) is 4.79 Å². The molecule has 1 aliphatic rings. The average molecular weight is 213 g/mol. The quantitative estimate of drug-likeness (QED) is 0.689. The van der Waals surface area contributed by atoms with E-state index < -0.39 is 5.97 Å². The molecule has 0 bridgehead atoms. The fourth-order valence-corrected chi connectivity index (χ4v) is 2.26. The van der Waals surface area contributed by atoms with E-state index in [-0.39, 0.29) is 0 Å². The Morgan fingerprint density at radius 3 is 2.80 bits per heavy atom. The number of carboxylic acids is 1. The molecule has 1 rings (SSSR count). The molecule has 0 aliphatic carbocycles. The molecular formula is C12H23NO2. The molecule has 0 radical (unpaired) electrons. The molecule has 3 heteroatoms. The highest BCUT2D eigenvalue weighted by molar-refractivity contribution is 5.66. The molecule has 1 unspecified atom stereocenters. The van der Waals surface area contributed by atoms with Crippen molar-refractivity contribution in [1.29, 1.82) is 0 Å². The van der Waals surface area contributed by atoms with Crippen molar-refractivity contribution in [3.8, 4) is 0 Å². The molecule has 0 aromatic carbocycles. The number of carbonyl (C=O) groups is 1. The Kier molecular flexibility index (Phi) is 5.69. The molecule has 1 saturated heterocycles. The van der Waals surface area contributed by atoms with Crippen LogP contribution in [0.5, 0.6) is 0 Å². The number of hydrogen-bond acceptors (Lipinski definition) is 2. The lowest BCUT2D eigenvalue weighted by Crippen LogP contribution is -2.37. The van der Waals surface area contributed by atoms with E-state index in [1.807, 2.05) is 0 Å². The second-order valence-corrected chi connectivity index (χ2v) is 4.59. The molecule has 0 aromatic rings. The summed E-state index contributed by atoms with van der Waals surface area (Å²) in [4.78, 5) is 12.9. The van der Waals surface area contributed by atoms with Crippen LogP contribution in [0.4, 0.5) is 0 Å². The fourth-order valence-electron chi connectivity index (χ4n) is 2.26. The van der Waals surface area contributed by atoms with E-state index in [1.165, 1.54) is 25.8 Å². The fraction of sp³-hybridized carbons (Fsp3) is 0.917. The van der Waals surface area contributed by atoms with E-state index in [0.29, 0.717) is 6.42 Å². The topological polar surface area (TPSA) is 40.5 Å². The zero-order valence-corrected chi connectivity index (χ0v) is 9.74. The van der Waals surface area contributed by atoms with Gasteiger partial charge in [-0.2, -0.15) is 0 Å². The largest absolute Gasteiger partial charge is 0.481 e. The van der Waals surface area contributed by atoms with Gasteiger partial charge in [0.2, 0.25) is 0 Å². The predicted molar refractivity (Wildman–Crippen MR) is 61.0 cm³/mol. The van der Waals surface area contributed by atoms with Gasteiger partial charge in [0.05, 0.1) is 0 Å². The van der Waals surface area contributed by atoms with Crippen LogP contribution >= 0.6 is 0 Å². The minimum absolute atomic E-state index is 0.329. The van der Waals surface area contributed by atoms with Gasteiger partial charge >= 0.3 is 5.97 Å². The first-order valence-electron chi connectivity index (χ1n) is 6.16. The maximum atomic E-state index is 10.3. The number of nitrogens with zero attached hydrogens (tertiary/aromatic N) is 1. The summed E-state index contributed by atoms with van der Waals surface area (Å²) in [6.07, 6.45) is 7.39. The molecular weight excluding hydrogens is 190 g/mol. The monoisotopic (exact) mass is 213 g/mol. The van der Waals surface area contributed by atoms with E-state index in [0.717, 1.165) is 31.8 Å². The first kappa shape index (κ1) is 12.5. The van der Waals surface area contributed by atoms with Crippen LogP contribution < -0.4 is 0 Å². The maximum absolute atomic E-state index is 10.3. The molecule has 1 fully saturated rings. The Balaban J connectivity index is 2.01. The van der Waals surface area contributed by atoms with Crippen LogP contribution in [0, 0.1) is 0 Å². The third-order valence-corrected chi connectivity index (χ3v) is 3.28. The number of likely N-dealkylation sites (tertiary alicyclic amines) is 1. The average Bonchev–Trinajstić information content (AvgIpc) is 2.20. The minimum Gasteiger partial charge on any atom is -0.481 e. The Morgan fingerprint density at radius 1 is 1.33 bits per heavy atom. The Labute approximate surface area is 92.5 Å². The van der Waals surface area contributed by atoms with E-state index in [1.54, 1.807) is 0 Å². The van der Waals surface area contributed by atoms with Crippen LogP contribution in [0.3, 0.4) is 0 Å². The summed E-state index contributed by atoms with van der Waals surface area (Å²) in [6.45, 7) is 4.69. The van der Waals surface area contributed by atoms with Gasteiger partial charge in [-0.05, 0) is 45.7 Å². The highest BCUT2D eigenvalue weighted by atomic mass is 16.4. The molecule has 0 aromatic heterocycles. The van der Waals surface area contributed by atoms with Gasteiger partial charge in [-0.3, -0.25) is 4.79 Å². The second kappa shape index (κ2) is 6.83. The first-order chi connectivity index (χ1) is 7.20. The Bertz CT molecular complexity index is 194. The third-order valence-electron chi connectivity index (χ3n) is 3.28. The van der Waals surface area contributed by atoms with Crippen molar-refractivity contribution < 1.29 is 9.90 Å². The van der Waals surface area contributed by atoms with Gasteiger partial charge in [0, 0.05) is 12.5 Å². The summed E-state index contributed by atoms with van der Waals surface area (Å²) in [5.41, 5.74) is 0. The molecule has 15 heavy (non-hydrogen) atoms. The van der Waals surface area contributed by atoms with Crippen LogP contribution in [0.2, 0.25) is 0 Å². The van der Waals surface area contributed by atoms with Crippen LogP contribution in [-0.4, -0.2) is 35.1 Å². The summed E-state index contributed by atoms with van der Waals surface area (Å²) in [6, 6.07) is 0.734. The summed E-state index contributed by atoms with van der Waals surface area (Å²) in [7, 11) is 0. The van der Waals surface area contributed by atoms with Crippen LogP contribution in [-0.2, 0) is 4.79 Å². The molecule has 88 valence electrons. The standard InChI is InChI=1S/C12H23NO2/c1-11-7-4-6-10-13(11)9-5-2-3-8-12(14)15/h11H,2-10H2,1H3,(H,14,15). The second-order valence-electron chi connectivity index (χ2n) is 4.59. The normalized spacial score (nSPS) is 22.9. The van der Waals surface area contributed by atoms with Gasteiger partial charge in [0.15, 0.2) is 0 Å². The zero-order valence-electron chi connectivity index (χ0n) is 9.74. The van der Waals surface area contributed by atoms with Gasteiger partial charge in [-0.25, -0.2) is 0 Å². The first-order valence-corrected chi connectivity index (χ1v) is 6.16. The zero-order chi connectivity index (χ0) is 11.1. The van der Waals surface area contributed by atoms with Crippen LogP contribution in [0.15, 0.2) is 0 Å². The lowest BCUT2D eigenvalue weighted by atomic mass is 10.0. The molecule has 0 amide bonds. The highest BCUT2D eigenvalue weighted by Crippen LogP contribution is 2.17. The van der Waals surface area contributed by atoms with Gasteiger partial charge < -0.3 is 10.0 Å². The predicted octanol–water partition coefficient (Wildman–Crippen LogP) is 2.51. The van der Waals surface area contributed by atoms with Crippen molar-refractivity contribution in [3.05, 3.63) is 0 Å². The van der Waals surface area contributed by atoms with Crippen molar-refractivity contribution in [1.82, 2.24) is 4.90 Å². The molecule has 0 spiro atoms. The van der Waals surface area contributed by atoms with Gasteiger partial charge in [-0.15, -0.1) is 0 Å². The molecule has 3 nitrogen and oxygen atoms in total. The molecule has 1 N–H and O–H groups in total. The van der Waals surface area contributed by atoms with Gasteiger partial charge in [-0.1, -0.05) is 12.8 Å². The summed E-state index contributed by atoms with van der Waals surface area (Å²) in [5.74, 6) is -0.665. The highest BCUT2D eigenvalue weighted by Gasteiger charge is 2.16. The van der Waals surface area contributed by atoms with E-state index in [4.69, 9.17) is 5.11 Å². The molecule has 1 heterocycles. The van der Waals surface area contributed by atoms with Crippen molar-refractivity contribution in [3.63, 3.8) is 0 Å². The number of rotatable bonds is 6. The van der Waals surface area contributed by atoms with Crippen molar-refractivity contribution in [2.45, 2.75) is 57.9 Å². The van der Waals surface area contributed by atoms with E-state index in [2.05, 4.69) is 11.8 Å². The van der Waals surface area contributed by atoms with E-state index >= 15 is 0 Å². The smallest absolute Gasteiger partial charge is 0.303 e. The number of unbranched alkanes of at least 4 members (excludes halogenated alkanes) is 2. The SMILES string of the molecule is CC1CCCCN1CCCCCC(=O)O. The molecule has 1 atom stereocenters. The lowest BCUT2D eigenvalue weighted by Gasteiger charge is -2.33. The number of carboxylic acid groups (broad SMARTS) is 1. The summed E-state index contributed by atoms with van der Waals surface area (Å²) in [5, 5.41) is 8.49. The molecule has 0 saturated carbocycles. The van der Waals surface area contributed by atoms with Gasteiger partial charge in [0.1, 0.15) is 0 Å². The van der Waals surface area contributed by atoms with Crippen LogP contribution in [0.1, 0.15) is 51.9 Å². The van der Waals surface area contributed by atoms with Gasteiger partial charge in [0.25, 0.3) is 0 Å². The molecule has 1 aliphatic heterocycles. The maximum Gasteiger partial charge on any atom is 0.303 e.